The number of nitrogens with one attached hydrogen (secondary N) is 3. The quantitative estimate of drug-likeness (QED) is 0.288. The molecule has 1 heterocycles. The van der Waals surface area contributed by atoms with Crippen LogP contribution in [0.3, 0.4) is 0 Å². The van der Waals surface area contributed by atoms with Gasteiger partial charge in [0, 0.05) is 32.8 Å². The van der Waals surface area contributed by atoms with Gasteiger partial charge in [-0.1, -0.05) is 0 Å². The molecule has 0 amide bonds. The molecule has 0 unspecified atom stereocenters. The monoisotopic (exact) mass is 360 g/mol. The van der Waals surface area contributed by atoms with E-state index in [1.165, 1.54) is 0 Å². The molecule has 138 valence electrons. The van der Waals surface area contributed by atoms with Crippen LogP contribution in [0.4, 0.5) is 0 Å². The van der Waals surface area contributed by atoms with Gasteiger partial charge in [0.25, 0.3) is 0 Å². The molecule has 0 spiro atoms. The maximum absolute atomic E-state index is 11.3. The van der Waals surface area contributed by atoms with E-state index in [1.807, 2.05) is 19.1 Å². The van der Waals surface area contributed by atoms with Crippen LogP contribution in [0.5, 0.6) is 0 Å². The van der Waals surface area contributed by atoms with E-state index in [9.17, 15) is 8.42 Å². The van der Waals surface area contributed by atoms with Crippen LogP contribution in [-0.4, -0.2) is 52.9 Å². The highest BCUT2D eigenvalue weighted by Crippen LogP contribution is 2.01. The second-order valence-corrected chi connectivity index (χ2v) is 7.07. The summed E-state index contributed by atoms with van der Waals surface area (Å²) in [6.07, 6.45) is 2.41. The van der Waals surface area contributed by atoms with Crippen LogP contribution < -0.4 is 15.4 Å². The Hall–Kier alpha value is -1.58. The van der Waals surface area contributed by atoms with Gasteiger partial charge in [0.05, 0.1) is 12.0 Å². The number of hydrogen-bond donors (Lipinski definition) is 3. The van der Waals surface area contributed by atoms with Gasteiger partial charge in [-0.2, -0.15) is 0 Å². The summed E-state index contributed by atoms with van der Waals surface area (Å²) in [5.41, 5.74) is 0. The summed E-state index contributed by atoms with van der Waals surface area (Å²) in [5, 5.41) is 6.20. The first-order valence-corrected chi connectivity index (χ1v) is 9.82. The van der Waals surface area contributed by atoms with Crippen molar-refractivity contribution in [3.05, 3.63) is 24.2 Å². The van der Waals surface area contributed by atoms with Crippen molar-refractivity contribution in [3.8, 4) is 0 Å². The fraction of sp³-hybridized carbons (Fsp3) is 0.667. The second kappa shape index (κ2) is 11.9. The largest absolute Gasteiger partial charge is 0.467 e. The van der Waals surface area contributed by atoms with Crippen molar-refractivity contribution < 1.29 is 17.6 Å². The van der Waals surface area contributed by atoms with E-state index in [0.717, 1.165) is 18.7 Å². The Morgan fingerprint density at radius 2 is 2.12 bits per heavy atom. The zero-order valence-corrected chi connectivity index (χ0v) is 15.2. The van der Waals surface area contributed by atoms with Crippen LogP contribution in [0.25, 0.3) is 0 Å². The van der Waals surface area contributed by atoms with E-state index >= 15 is 0 Å². The molecule has 3 N–H and O–H groups in total. The highest BCUT2D eigenvalue weighted by Gasteiger charge is 2.04. The van der Waals surface area contributed by atoms with Crippen molar-refractivity contribution in [2.45, 2.75) is 26.9 Å². The lowest BCUT2D eigenvalue weighted by Gasteiger charge is -2.11. The number of aliphatic imine (C=N–C) groups is 1. The molecule has 1 aromatic heterocycles. The van der Waals surface area contributed by atoms with E-state index in [1.54, 1.807) is 13.2 Å². The normalized spacial score (nSPS) is 12.3. The topological polar surface area (TPSA) is 105 Å². The molecular formula is C15H28N4O4S. The Labute approximate surface area is 144 Å². The van der Waals surface area contributed by atoms with E-state index in [0.29, 0.717) is 38.8 Å². The van der Waals surface area contributed by atoms with E-state index in [-0.39, 0.29) is 5.75 Å². The van der Waals surface area contributed by atoms with Crippen LogP contribution in [0, 0.1) is 0 Å². The number of hydrogen-bond acceptors (Lipinski definition) is 5. The molecule has 0 aromatic carbocycles. The van der Waals surface area contributed by atoms with Gasteiger partial charge in [-0.15, -0.1) is 0 Å². The molecule has 0 fully saturated rings. The number of furan rings is 1. The maximum Gasteiger partial charge on any atom is 0.211 e. The Balaban J connectivity index is 2.16. The summed E-state index contributed by atoms with van der Waals surface area (Å²) in [7, 11) is -3.15. The van der Waals surface area contributed by atoms with E-state index in [4.69, 9.17) is 9.15 Å². The first-order chi connectivity index (χ1) is 11.6. The minimum Gasteiger partial charge on any atom is -0.467 e. The third kappa shape index (κ3) is 9.53. The van der Waals surface area contributed by atoms with E-state index < -0.39 is 10.0 Å². The number of nitrogens with zero attached hydrogens (tertiary/aromatic N) is 1. The van der Waals surface area contributed by atoms with Crippen LogP contribution in [0.1, 0.15) is 26.0 Å². The molecule has 9 heteroatoms. The van der Waals surface area contributed by atoms with Crippen LogP contribution in [0.2, 0.25) is 0 Å². The predicted octanol–water partition coefficient (Wildman–Crippen LogP) is 0.681. The highest BCUT2D eigenvalue weighted by atomic mass is 32.2. The average Bonchev–Trinajstić information content (AvgIpc) is 3.08. The number of ether oxygens (including phenoxy) is 1. The average molecular weight is 360 g/mol. The van der Waals surface area contributed by atoms with Crippen LogP contribution in [0.15, 0.2) is 27.8 Å². The standard InChI is InChI=1S/C15H28N4O4S/c1-3-16-15(18-9-10-19-24(20,21)4-2)17-8-6-11-22-13-14-7-5-12-23-14/h5,7,12,19H,3-4,6,8-11,13H2,1-2H3,(H2,16,17,18). The highest BCUT2D eigenvalue weighted by molar-refractivity contribution is 7.89. The predicted molar refractivity (Wildman–Crippen MR) is 94.4 cm³/mol. The molecular weight excluding hydrogens is 332 g/mol. The summed E-state index contributed by atoms with van der Waals surface area (Å²) in [4.78, 5) is 4.42. The number of sulfonamides is 1. The second-order valence-electron chi connectivity index (χ2n) is 4.97. The van der Waals surface area contributed by atoms with Crippen LogP contribution in [-0.2, 0) is 21.4 Å². The summed E-state index contributed by atoms with van der Waals surface area (Å²) in [5.74, 6) is 1.56. The first kappa shape index (κ1) is 20.5. The van der Waals surface area contributed by atoms with E-state index in [2.05, 4.69) is 20.3 Å². The third-order valence-corrected chi connectivity index (χ3v) is 4.41. The number of rotatable bonds is 12. The van der Waals surface area contributed by atoms with Gasteiger partial charge in [0.15, 0.2) is 5.96 Å². The Morgan fingerprint density at radius 3 is 2.79 bits per heavy atom. The van der Waals surface area contributed by atoms with Gasteiger partial charge in [-0.05, 0) is 32.4 Å². The van der Waals surface area contributed by atoms with Crippen molar-refractivity contribution in [3.63, 3.8) is 0 Å². The molecule has 0 aliphatic carbocycles. The van der Waals surface area contributed by atoms with Crippen molar-refractivity contribution in [1.82, 2.24) is 15.4 Å². The zero-order valence-electron chi connectivity index (χ0n) is 14.4. The van der Waals surface area contributed by atoms with Gasteiger partial charge in [-0.25, -0.2) is 13.1 Å². The minimum absolute atomic E-state index is 0.0825. The molecule has 0 radical (unpaired) electrons. The smallest absolute Gasteiger partial charge is 0.211 e. The van der Waals surface area contributed by atoms with Crippen molar-refractivity contribution >= 4 is 16.0 Å². The molecule has 0 saturated carbocycles. The molecule has 8 nitrogen and oxygen atoms in total. The summed E-state index contributed by atoms with van der Waals surface area (Å²) < 4.78 is 35.8. The zero-order chi connectivity index (χ0) is 17.7. The van der Waals surface area contributed by atoms with Crippen molar-refractivity contribution in [2.75, 3.05) is 38.5 Å². The third-order valence-electron chi connectivity index (χ3n) is 3.00. The molecule has 0 saturated heterocycles. The summed E-state index contributed by atoms with van der Waals surface area (Å²) >= 11 is 0. The fourth-order valence-corrected chi connectivity index (χ4v) is 2.37. The number of guanidine groups is 1. The molecule has 0 aliphatic heterocycles. The molecule has 0 bridgehead atoms. The van der Waals surface area contributed by atoms with Gasteiger partial charge < -0.3 is 19.8 Å². The molecule has 0 aliphatic rings. The fourth-order valence-electron chi connectivity index (χ4n) is 1.76. The van der Waals surface area contributed by atoms with Gasteiger partial charge in [0.1, 0.15) is 12.4 Å². The minimum atomic E-state index is -3.15. The summed E-state index contributed by atoms with van der Waals surface area (Å²) in [6.45, 7) is 6.80. The van der Waals surface area contributed by atoms with Gasteiger partial charge >= 0.3 is 0 Å². The Bertz CT molecular complexity index is 558. The maximum atomic E-state index is 11.3. The summed E-state index contributed by atoms with van der Waals surface area (Å²) in [6, 6.07) is 3.70. The lowest BCUT2D eigenvalue weighted by Crippen LogP contribution is -2.41. The first-order valence-electron chi connectivity index (χ1n) is 8.17. The van der Waals surface area contributed by atoms with Crippen LogP contribution >= 0.6 is 0 Å². The SMILES string of the molecule is CCNC(=NCCCOCc1ccco1)NCCNS(=O)(=O)CC. The lowest BCUT2D eigenvalue weighted by molar-refractivity contribution is 0.105. The molecule has 1 aromatic rings. The van der Waals surface area contributed by atoms with Crippen molar-refractivity contribution in [2.24, 2.45) is 4.99 Å². The molecule has 0 atom stereocenters. The van der Waals surface area contributed by atoms with Gasteiger partial charge in [0.2, 0.25) is 10.0 Å². The molecule has 1 rings (SSSR count). The Morgan fingerprint density at radius 1 is 1.29 bits per heavy atom. The Kier molecular flexibility index (Phi) is 10.1. The van der Waals surface area contributed by atoms with Crippen molar-refractivity contribution in [1.29, 1.82) is 0 Å². The lowest BCUT2D eigenvalue weighted by atomic mass is 10.4. The van der Waals surface area contributed by atoms with Gasteiger partial charge in [-0.3, -0.25) is 4.99 Å². The molecule has 24 heavy (non-hydrogen) atoms.